The van der Waals surface area contributed by atoms with Crippen molar-refractivity contribution in [1.82, 2.24) is 15.5 Å². The summed E-state index contributed by atoms with van der Waals surface area (Å²) in [5.41, 5.74) is 1.23. The highest BCUT2D eigenvalue weighted by Gasteiger charge is 2.28. The van der Waals surface area contributed by atoms with Gasteiger partial charge in [0.05, 0.1) is 12.3 Å². The zero-order valence-corrected chi connectivity index (χ0v) is 18.0. The van der Waals surface area contributed by atoms with E-state index in [1.807, 2.05) is 18.2 Å². The average Bonchev–Trinajstić information content (AvgIpc) is 3.35. The van der Waals surface area contributed by atoms with E-state index in [-0.39, 0.29) is 12.1 Å². The number of benzene rings is 1. The summed E-state index contributed by atoms with van der Waals surface area (Å²) in [5.74, 6) is -0.287. The molecule has 1 aromatic carbocycles. The Hall–Kier alpha value is -2.80. The molecule has 166 valence electrons. The van der Waals surface area contributed by atoms with Crippen molar-refractivity contribution in [3.8, 4) is 0 Å². The van der Waals surface area contributed by atoms with Crippen LogP contribution in [0.1, 0.15) is 43.9 Å². The molecule has 2 N–H and O–H groups in total. The van der Waals surface area contributed by atoms with E-state index < -0.39 is 11.8 Å². The van der Waals surface area contributed by atoms with Crippen LogP contribution in [0.25, 0.3) is 0 Å². The summed E-state index contributed by atoms with van der Waals surface area (Å²) in [6.07, 6.45) is 7.00. The molecule has 1 atom stereocenters. The minimum atomic E-state index is -0.565. The van der Waals surface area contributed by atoms with Crippen LogP contribution in [0.3, 0.4) is 0 Å². The lowest BCUT2D eigenvalue weighted by atomic mass is 9.95. The lowest BCUT2D eigenvalue weighted by molar-refractivity contribution is -0.139. The highest BCUT2D eigenvalue weighted by atomic mass is 16.3. The second-order valence-electron chi connectivity index (χ2n) is 8.41. The van der Waals surface area contributed by atoms with E-state index in [9.17, 15) is 9.59 Å². The molecular weight excluding hydrogens is 392 g/mol. The summed E-state index contributed by atoms with van der Waals surface area (Å²) in [5, 5.41) is 5.72. The molecule has 0 bridgehead atoms. The minimum Gasteiger partial charge on any atom is -0.468 e. The number of furan rings is 1. The van der Waals surface area contributed by atoms with Crippen LogP contribution in [0.4, 0.5) is 5.69 Å². The van der Waals surface area contributed by atoms with Crippen LogP contribution in [-0.4, -0.2) is 55.5 Å². The van der Waals surface area contributed by atoms with Gasteiger partial charge in [0.15, 0.2) is 0 Å². The fourth-order valence-corrected chi connectivity index (χ4v) is 4.59. The molecule has 2 amide bonds. The van der Waals surface area contributed by atoms with Crippen molar-refractivity contribution in [2.75, 3.05) is 37.6 Å². The van der Waals surface area contributed by atoms with Crippen molar-refractivity contribution in [3.05, 3.63) is 54.5 Å². The molecule has 31 heavy (non-hydrogen) atoms. The Labute approximate surface area is 183 Å². The highest BCUT2D eigenvalue weighted by Crippen LogP contribution is 2.24. The van der Waals surface area contributed by atoms with Gasteiger partial charge < -0.3 is 20.0 Å². The Morgan fingerprint density at radius 1 is 0.935 bits per heavy atom. The number of hydrogen-bond donors (Lipinski definition) is 2. The van der Waals surface area contributed by atoms with E-state index in [0.717, 1.165) is 57.6 Å². The molecule has 2 fully saturated rings. The quantitative estimate of drug-likeness (QED) is 0.698. The third-order valence-electron chi connectivity index (χ3n) is 6.35. The molecular formula is C24H32N4O3. The van der Waals surface area contributed by atoms with E-state index in [2.05, 4.69) is 44.7 Å². The van der Waals surface area contributed by atoms with Gasteiger partial charge in [-0.3, -0.25) is 14.5 Å². The summed E-state index contributed by atoms with van der Waals surface area (Å²) in [6.45, 7) is 3.85. The van der Waals surface area contributed by atoms with Gasteiger partial charge in [-0.25, -0.2) is 0 Å². The van der Waals surface area contributed by atoms with Gasteiger partial charge in [-0.2, -0.15) is 0 Å². The molecule has 7 nitrogen and oxygen atoms in total. The summed E-state index contributed by atoms with van der Waals surface area (Å²) < 4.78 is 5.67. The lowest BCUT2D eigenvalue weighted by Crippen LogP contribution is -2.51. The van der Waals surface area contributed by atoms with E-state index in [1.54, 1.807) is 6.26 Å². The van der Waals surface area contributed by atoms with E-state index in [1.165, 1.54) is 12.1 Å². The first-order valence-corrected chi connectivity index (χ1v) is 11.4. The number of carbonyl (C=O) groups is 2. The smallest absolute Gasteiger partial charge is 0.309 e. The molecule has 0 spiro atoms. The van der Waals surface area contributed by atoms with Gasteiger partial charge in [-0.1, -0.05) is 37.5 Å². The van der Waals surface area contributed by atoms with Crippen LogP contribution in [0, 0.1) is 0 Å². The summed E-state index contributed by atoms with van der Waals surface area (Å²) in [4.78, 5) is 29.4. The van der Waals surface area contributed by atoms with Gasteiger partial charge in [-0.15, -0.1) is 0 Å². The van der Waals surface area contributed by atoms with Crippen LogP contribution in [0.15, 0.2) is 53.1 Å². The minimum absolute atomic E-state index is 0.0978. The van der Waals surface area contributed by atoms with Crippen LogP contribution in [0.5, 0.6) is 0 Å². The van der Waals surface area contributed by atoms with Crippen molar-refractivity contribution in [2.45, 2.75) is 44.2 Å². The molecule has 2 heterocycles. The first-order valence-electron chi connectivity index (χ1n) is 11.4. The number of nitrogens with zero attached hydrogens (tertiary/aromatic N) is 2. The molecule has 0 radical (unpaired) electrons. The number of amides is 2. The van der Waals surface area contributed by atoms with E-state index >= 15 is 0 Å². The maximum atomic E-state index is 12.4. The maximum absolute atomic E-state index is 12.4. The summed E-state index contributed by atoms with van der Waals surface area (Å²) in [7, 11) is 0. The number of para-hydroxylation sites is 1. The Kier molecular flexibility index (Phi) is 7.25. The normalized spacial score (nSPS) is 19.0. The van der Waals surface area contributed by atoms with Crippen molar-refractivity contribution in [2.24, 2.45) is 0 Å². The topological polar surface area (TPSA) is 77.8 Å². The fourth-order valence-electron chi connectivity index (χ4n) is 4.59. The number of anilines is 1. The zero-order chi connectivity index (χ0) is 21.5. The molecule has 1 aliphatic carbocycles. The molecule has 4 rings (SSSR count). The predicted octanol–water partition coefficient (Wildman–Crippen LogP) is 2.71. The second-order valence-corrected chi connectivity index (χ2v) is 8.41. The molecule has 2 aliphatic rings. The Bertz CT molecular complexity index is 826. The van der Waals surface area contributed by atoms with Gasteiger partial charge in [0.1, 0.15) is 5.76 Å². The van der Waals surface area contributed by atoms with Crippen molar-refractivity contribution in [1.29, 1.82) is 0 Å². The number of nitrogens with one attached hydrogen (secondary N) is 2. The fraction of sp³-hybridized carbons (Fsp3) is 0.500. The standard InChI is InChI=1S/C24H32N4O3/c29-23(24(30)26-19-8-3-1-4-9-19)25-18-21(22-12-7-17-31-22)28-15-13-27(14-16-28)20-10-5-2-6-11-20/h2,5-7,10-12,17,19,21H,1,3-4,8-9,13-16,18H2,(H,25,29)(H,26,30)/t21-/m1/s1. The number of carbonyl (C=O) groups excluding carboxylic acids is 2. The van der Waals surface area contributed by atoms with Crippen molar-refractivity contribution >= 4 is 17.5 Å². The first kappa shape index (κ1) is 21.4. The number of rotatable bonds is 6. The van der Waals surface area contributed by atoms with Gasteiger partial charge in [0.2, 0.25) is 0 Å². The molecule has 1 saturated heterocycles. The second kappa shape index (κ2) is 10.5. The first-order chi connectivity index (χ1) is 15.2. The third-order valence-corrected chi connectivity index (χ3v) is 6.35. The highest BCUT2D eigenvalue weighted by molar-refractivity contribution is 6.35. The van der Waals surface area contributed by atoms with Gasteiger partial charge in [0.25, 0.3) is 0 Å². The molecule has 7 heteroatoms. The monoisotopic (exact) mass is 424 g/mol. The molecule has 2 aromatic rings. The summed E-state index contributed by atoms with van der Waals surface area (Å²) in [6, 6.07) is 14.2. The van der Waals surface area contributed by atoms with Gasteiger partial charge in [0, 0.05) is 44.5 Å². The summed E-state index contributed by atoms with van der Waals surface area (Å²) >= 11 is 0. The Morgan fingerprint density at radius 3 is 2.35 bits per heavy atom. The van der Waals surface area contributed by atoms with Crippen LogP contribution in [0.2, 0.25) is 0 Å². The largest absolute Gasteiger partial charge is 0.468 e. The van der Waals surface area contributed by atoms with Crippen LogP contribution in [-0.2, 0) is 9.59 Å². The van der Waals surface area contributed by atoms with Crippen molar-refractivity contribution in [3.63, 3.8) is 0 Å². The van der Waals surface area contributed by atoms with Gasteiger partial charge in [-0.05, 0) is 37.1 Å². The van der Waals surface area contributed by atoms with Crippen molar-refractivity contribution < 1.29 is 14.0 Å². The van der Waals surface area contributed by atoms with Crippen LogP contribution < -0.4 is 15.5 Å². The third kappa shape index (κ3) is 5.67. The maximum Gasteiger partial charge on any atom is 0.309 e. The van der Waals surface area contributed by atoms with E-state index in [4.69, 9.17) is 4.42 Å². The van der Waals surface area contributed by atoms with Gasteiger partial charge >= 0.3 is 11.8 Å². The van der Waals surface area contributed by atoms with E-state index in [0.29, 0.717) is 6.54 Å². The SMILES string of the molecule is O=C(NC[C@H](c1ccco1)N1CCN(c2ccccc2)CC1)C(=O)NC1CCCCC1. The Morgan fingerprint density at radius 2 is 1.68 bits per heavy atom. The zero-order valence-electron chi connectivity index (χ0n) is 18.0. The predicted molar refractivity (Wildman–Crippen MR) is 120 cm³/mol. The molecule has 1 saturated carbocycles. The molecule has 0 unspecified atom stereocenters. The Balaban J connectivity index is 1.32. The number of piperazine rings is 1. The lowest BCUT2D eigenvalue weighted by Gasteiger charge is -2.39. The van der Waals surface area contributed by atoms with Crippen LogP contribution >= 0.6 is 0 Å². The molecule has 1 aliphatic heterocycles. The molecule has 1 aromatic heterocycles. The number of hydrogen-bond acceptors (Lipinski definition) is 5. The average molecular weight is 425 g/mol.